The minimum absolute atomic E-state index is 0.0833. The van der Waals surface area contributed by atoms with Gasteiger partial charge in [-0.05, 0) is 24.1 Å². The summed E-state index contributed by atoms with van der Waals surface area (Å²) < 4.78 is 40.2. The zero-order valence-corrected chi connectivity index (χ0v) is 11.3. The topological polar surface area (TPSA) is 56.7 Å². The van der Waals surface area contributed by atoms with Crippen molar-refractivity contribution in [2.45, 2.75) is 32.0 Å². The Kier molecular flexibility index (Phi) is 3.35. The third-order valence-electron chi connectivity index (χ3n) is 3.80. The second kappa shape index (κ2) is 5.05. The van der Waals surface area contributed by atoms with E-state index >= 15 is 0 Å². The highest BCUT2D eigenvalue weighted by molar-refractivity contribution is 5.41. The summed E-state index contributed by atoms with van der Waals surface area (Å²) >= 11 is 0. The Balaban J connectivity index is 1.85. The van der Waals surface area contributed by atoms with Crippen LogP contribution in [0.15, 0.2) is 24.3 Å². The molecule has 2 aromatic rings. The lowest BCUT2D eigenvalue weighted by Gasteiger charge is -2.26. The quantitative estimate of drug-likeness (QED) is 0.867. The number of halogens is 3. The molecule has 1 aromatic carbocycles. The molecule has 1 unspecified atom stereocenters. The second-order valence-electron chi connectivity index (χ2n) is 5.34. The van der Waals surface area contributed by atoms with Gasteiger partial charge in [0, 0.05) is 25.1 Å². The number of anilines is 1. The minimum Gasteiger partial charge on any atom is -0.399 e. The first-order valence-electron chi connectivity index (χ1n) is 6.75. The van der Waals surface area contributed by atoms with Crippen LogP contribution in [-0.2, 0) is 19.4 Å². The van der Waals surface area contributed by atoms with Crippen LogP contribution in [0.3, 0.4) is 0 Å². The van der Waals surface area contributed by atoms with E-state index in [0.29, 0.717) is 30.2 Å². The van der Waals surface area contributed by atoms with Gasteiger partial charge in [-0.25, -0.2) is 0 Å². The Hall–Kier alpha value is -2.05. The number of hydrogen-bond acceptors (Lipinski definition) is 3. The molecule has 4 nitrogen and oxygen atoms in total. The molecule has 1 aromatic heterocycles. The first-order valence-corrected chi connectivity index (χ1v) is 6.75. The molecule has 21 heavy (non-hydrogen) atoms. The summed E-state index contributed by atoms with van der Waals surface area (Å²) in [6.45, 7) is -0.0938. The Morgan fingerprint density at radius 1 is 1.29 bits per heavy atom. The van der Waals surface area contributed by atoms with E-state index in [9.17, 15) is 13.2 Å². The van der Waals surface area contributed by atoms with Crippen LogP contribution in [0.2, 0.25) is 0 Å². The van der Waals surface area contributed by atoms with Crippen LogP contribution in [0.5, 0.6) is 0 Å². The molecule has 7 heteroatoms. The van der Waals surface area contributed by atoms with Crippen molar-refractivity contribution in [2.75, 3.05) is 5.73 Å². The van der Waals surface area contributed by atoms with Crippen molar-refractivity contribution < 1.29 is 13.2 Å². The molecule has 0 fully saturated rings. The summed E-state index contributed by atoms with van der Waals surface area (Å²) in [6.07, 6.45) is -3.34. The predicted octanol–water partition coefficient (Wildman–Crippen LogP) is 2.58. The number of hydrogen-bond donors (Lipinski definition) is 1. The Labute approximate surface area is 119 Å². The van der Waals surface area contributed by atoms with Crippen LogP contribution in [0.4, 0.5) is 18.9 Å². The Morgan fingerprint density at radius 2 is 2.10 bits per heavy atom. The van der Waals surface area contributed by atoms with Gasteiger partial charge >= 0.3 is 6.18 Å². The van der Waals surface area contributed by atoms with E-state index in [-0.39, 0.29) is 13.0 Å². The third-order valence-corrected chi connectivity index (χ3v) is 3.80. The summed E-state index contributed by atoms with van der Waals surface area (Å²) in [5.74, 6) is -0.125. The predicted molar refractivity (Wildman–Crippen MR) is 71.5 cm³/mol. The van der Waals surface area contributed by atoms with Crippen LogP contribution in [0, 0.1) is 5.92 Å². The van der Waals surface area contributed by atoms with Gasteiger partial charge < -0.3 is 10.3 Å². The average Bonchev–Trinajstić information content (AvgIpc) is 2.80. The van der Waals surface area contributed by atoms with E-state index < -0.39 is 12.1 Å². The van der Waals surface area contributed by atoms with Gasteiger partial charge in [0.05, 0.1) is 5.92 Å². The molecule has 1 aliphatic rings. The van der Waals surface area contributed by atoms with Gasteiger partial charge in [0.25, 0.3) is 0 Å². The molecule has 3 rings (SSSR count). The maximum atomic E-state index is 12.9. The normalized spacial score (nSPS) is 18.5. The van der Waals surface area contributed by atoms with E-state index in [4.69, 9.17) is 5.73 Å². The molecule has 2 heterocycles. The smallest absolute Gasteiger partial charge is 0.393 e. The minimum atomic E-state index is -4.17. The number of benzene rings is 1. The number of nitrogens with two attached hydrogens (primary N) is 1. The molecule has 0 radical (unpaired) electrons. The third kappa shape index (κ3) is 2.86. The van der Waals surface area contributed by atoms with Crippen molar-refractivity contribution >= 4 is 5.69 Å². The standard InChI is InChI=1S/C14H15F3N4/c15-14(16,17)10-4-5-12-19-20-13(21(12)8-10)7-9-2-1-3-11(18)6-9/h1-3,6,10H,4-5,7-8,18H2. The van der Waals surface area contributed by atoms with E-state index in [2.05, 4.69) is 10.2 Å². The molecule has 112 valence electrons. The first kappa shape index (κ1) is 13.9. The number of alkyl halides is 3. The molecule has 0 bridgehead atoms. The number of fused-ring (bicyclic) bond motifs is 1. The van der Waals surface area contributed by atoms with Crippen LogP contribution < -0.4 is 5.73 Å². The van der Waals surface area contributed by atoms with Gasteiger partial charge in [0.2, 0.25) is 0 Å². The molecule has 0 saturated carbocycles. The summed E-state index contributed by atoms with van der Waals surface area (Å²) in [5.41, 5.74) is 7.25. The molecular formula is C14H15F3N4. The van der Waals surface area contributed by atoms with E-state index in [0.717, 1.165) is 5.56 Å². The number of rotatable bonds is 2. The molecule has 2 N–H and O–H groups in total. The fraction of sp³-hybridized carbons (Fsp3) is 0.429. The molecule has 0 saturated heterocycles. The van der Waals surface area contributed by atoms with Gasteiger partial charge in [-0.3, -0.25) is 0 Å². The maximum absolute atomic E-state index is 12.9. The van der Waals surface area contributed by atoms with Crippen LogP contribution in [-0.4, -0.2) is 20.9 Å². The highest BCUT2D eigenvalue weighted by Crippen LogP contribution is 2.34. The zero-order chi connectivity index (χ0) is 15.0. The number of aromatic nitrogens is 3. The Bertz CT molecular complexity index is 648. The summed E-state index contributed by atoms with van der Waals surface area (Å²) in [5, 5.41) is 8.05. The number of nitrogens with zero attached hydrogens (tertiary/aromatic N) is 3. The van der Waals surface area contributed by atoms with Gasteiger partial charge in [0.1, 0.15) is 11.6 Å². The number of nitrogen functional groups attached to an aromatic ring is 1. The Morgan fingerprint density at radius 3 is 2.81 bits per heavy atom. The van der Waals surface area contributed by atoms with Crippen LogP contribution in [0.1, 0.15) is 23.6 Å². The fourth-order valence-corrected chi connectivity index (χ4v) is 2.67. The van der Waals surface area contributed by atoms with Crippen LogP contribution >= 0.6 is 0 Å². The van der Waals surface area contributed by atoms with Gasteiger partial charge in [-0.15, -0.1) is 10.2 Å². The van der Waals surface area contributed by atoms with Crippen molar-refractivity contribution in [3.63, 3.8) is 0 Å². The summed E-state index contributed by atoms with van der Waals surface area (Å²) in [7, 11) is 0. The molecule has 1 atom stereocenters. The average molecular weight is 296 g/mol. The van der Waals surface area contributed by atoms with E-state index in [1.165, 1.54) is 0 Å². The lowest BCUT2D eigenvalue weighted by Crippen LogP contribution is -2.32. The van der Waals surface area contributed by atoms with Gasteiger partial charge in [-0.1, -0.05) is 12.1 Å². The zero-order valence-electron chi connectivity index (χ0n) is 11.3. The van der Waals surface area contributed by atoms with Crippen molar-refractivity contribution in [1.29, 1.82) is 0 Å². The van der Waals surface area contributed by atoms with E-state index in [1.54, 1.807) is 16.7 Å². The molecule has 1 aliphatic heterocycles. The largest absolute Gasteiger partial charge is 0.399 e. The summed E-state index contributed by atoms with van der Waals surface area (Å²) in [6, 6.07) is 7.26. The van der Waals surface area contributed by atoms with E-state index in [1.807, 2.05) is 12.1 Å². The highest BCUT2D eigenvalue weighted by atomic mass is 19.4. The van der Waals surface area contributed by atoms with Crippen LogP contribution in [0.25, 0.3) is 0 Å². The van der Waals surface area contributed by atoms with Gasteiger partial charge in [-0.2, -0.15) is 13.2 Å². The molecule has 0 spiro atoms. The van der Waals surface area contributed by atoms with Crippen molar-refractivity contribution in [1.82, 2.24) is 14.8 Å². The van der Waals surface area contributed by atoms with Crippen molar-refractivity contribution in [3.05, 3.63) is 41.5 Å². The second-order valence-corrected chi connectivity index (χ2v) is 5.34. The lowest BCUT2D eigenvalue weighted by molar-refractivity contribution is -0.182. The van der Waals surface area contributed by atoms with Crippen molar-refractivity contribution in [3.8, 4) is 0 Å². The molecular weight excluding hydrogens is 281 g/mol. The SMILES string of the molecule is Nc1cccc(Cc2nnc3n2CC(C(F)(F)F)CC3)c1. The van der Waals surface area contributed by atoms with Crippen molar-refractivity contribution in [2.24, 2.45) is 5.92 Å². The summed E-state index contributed by atoms with van der Waals surface area (Å²) in [4.78, 5) is 0. The van der Waals surface area contributed by atoms with Gasteiger partial charge in [0.15, 0.2) is 0 Å². The number of aryl methyl sites for hydroxylation is 1. The first-order chi connectivity index (χ1) is 9.93. The molecule has 0 amide bonds. The highest BCUT2D eigenvalue weighted by Gasteiger charge is 2.42. The molecule has 0 aliphatic carbocycles. The lowest BCUT2D eigenvalue weighted by atomic mass is 9.98. The fourth-order valence-electron chi connectivity index (χ4n) is 2.67. The monoisotopic (exact) mass is 296 g/mol. The maximum Gasteiger partial charge on any atom is 0.393 e.